The molecule has 0 saturated heterocycles. The molecule has 2 heterocycles. The lowest BCUT2D eigenvalue weighted by molar-refractivity contribution is 0.0512. The second kappa shape index (κ2) is 9.98. The van der Waals surface area contributed by atoms with Crippen LogP contribution in [0.5, 0.6) is 0 Å². The molecule has 1 amide bonds. The minimum atomic E-state index is -1.12. The Kier molecular flexibility index (Phi) is 7.33. The first-order valence-corrected chi connectivity index (χ1v) is 10.6. The second-order valence-electron chi connectivity index (χ2n) is 8.08. The van der Waals surface area contributed by atoms with E-state index < -0.39 is 11.6 Å². The van der Waals surface area contributed by atoms with Gasteiger partial charge in [0.15, 0.2) is 5.69 Å². The maximum Gasteiger partial charge on any atom is 0.359 e. The van der Waals surface area contributed by atoms with E-state index in [1.165, 1.54) is 0 Å². The highest BCUT2D eigenvalue weighted by Gasteiger charge is 2.31. The lowest BCUT2D eigenvalue weighted by atomic mass is 10.0. The lowest BCUT2D eigenvalue weighted by Crippen LogP contribution is -2.37. The van der Waals surface area contributed by atoms with Crippen LogP contribution in [0.4, 0.5) is 0 Å². The Hall–Kier alpha value is -3.15. The van der Waals surface area contributed by atoms with Gasteiger partial charge in [-0.2, -0.15) is 5.10 Å². The van der Waals surface area contributed by atoms with Gasteiger partial charge in [-0.3, -0.25) is 9.48 Å². The maximum absolute atomic E-state index is 13.2. The van der Waals surface area contributed by atoms with Crippen LogP contribution in [-0.2, 0) is 29.0 Å². The van der Waals surface area contributed by atoms with Crippen molar-refractivity contribution in [3.05, 3.63) is 52.3 Å². The molecule has 32 heavy (non-hydrogen) atoms. The number of hydrogen-bond donors (Lipinski definition) is 1. The van der Waals surface area contributed by atoms with E-state index in [4.69, 9.17) is 9.47 Å². The molecule has 2 aromatic rings. The molecule has 8 nitrogen and oxygen atoms in total. The first kappa shape index (κ1) is 23.5. The van der Waals surface area contributed by atoms with Gasteiger partial charge in [0, 0.05) is 42.5 Å². The number of aliphatic hydroxyl groups is 1. The number of amides is 1. The molecule has 0 unspecified atom stereocenters. The molecule has 0 aliphatic carbocycles. The molecule has 0 atom stereocenters. The molecule has 0 spiro atoms. The third-order valence-electron chi connectivity index (χ3n) is 5.02. The Morgan fingerprint density at radius 1 is 1.31 bits per heavy atom. The van der Waals surface area contributed by atoms with Gasteiger partial charge in [-0.1, -0.05) is 17.9 Å². The van der Waals surface area contributed by atoms with E-state index in [1.807, 2.05) is 0 Å². The summed E-state index contributed by atoms with van der Waals surface area (Å²) in [5.41, 5.74) is 1.93. The number of esters is 1. The van der Waals surface area contributed by atoms with Crippen molar-refractivity contribution in [1.82, 2.24) is 14.7 Å². The van der Waals surface area contributed by atoms with E-state index in [-0.39, 0.29) is 24.8 Å². The lowest BCUT2D eigenvalue weighted by Gasteiger charge is -2.28. The van der Waals surface area contributed by atoms with Crippen LogP contribution < -0.4 is 0 Å². The van der Waals surface area contributed by atoms with E-state index in [0.717, 1.165) is 11.3 Å². The van der Waals surface area contributed by atoms with Crippen LogP contribution in [0.3, 0.4) is 0 Å². The zero-order valence-electron chi connectivity index (χ0n) is 19.0. The van der Waals surface area contributed by atoms with Crippen molar-refractivity contribution in [2.45, 2.75) is 45.9 Å². The van der Waals surface area contributed by atoms with Crippen LogP contribution in [0.15, 0.2) is 24.3 Å². The number of rotatable bonds is 6. The number of hydrogen-bond acceptors (Lipinski definition) is 6. The van der Waals surface area contributed by atoms with E-state index in [2.05, 4.69) is 16.9 Å². The third-order valence-corrected chi connectivity index (χ3v) is 5.02. The molecular formula is C24H29N3O5. The van der Waals surface area contributed by atoms with Crippen LogP contribution in [0.25, 0.3) is 0 Å². The SMILES string of the molecule is CCOC(=O)c1nn(CCOC)c2c1CN(C(=O)c1cccc(C#CC(C)(C)O)c1)CC2. The molecule has 1 N–H and O–H groups in total. The molecule has 3 rings (SSSR count). The molecule has 1 aliphatic heterocycles. The minimum absolute atomic E-state index is 0.151. The summed E-state index contributed by atoms with van der Waals surface area (Å²) in [5.74, 6) is 5.02. The van der Waals surface area contributed by atoms with E-state index in [0.29, 0.717) is 37.2 Å². The highest BCUT2D eigenvalue weighted by Crippen LogP contribution is 2.25. The fourth-order valence-corrected chi connectivity index (χ4v) is 3.53. The molecule has 1 aromatic carbocycles. The van der Waals surface area contributed by atoms with Gasteiger partial charge in [-0.05, 0) is 39.0 Å². The second-order valence-corrected chi connectivity index (χ2v) is 8.08. The summed E-state index contributed by atoms with van der Waals surface area (Å²) in [6.07, 6.45) is 0.579. The van der Waals surface area contributed by atoms with Gasteiger partial charge in [-0.25, -0.2) is 4.79 Å². The number of nitrogens with zero attached hydrogens (tertiary/aromatic N) is 3. The molecule has 0 bridgehead atoms. The molecule has 0 saturated carbocycles. The van der Waals surface area contributed by atoms with Gasteiger partial charge in [0.25, 0.3) is 5.91 Å². The van der Waals surface area contributed by atoms with Gasteiger partial charge in [0.1, 0.15) is 5.60 Å². The highest BCUT2D eigenvalue weighted by atomic mass is 16.5. The Morgan fingerprint density at radius 2 is 2.09 bits per heavy atom. The average molecular weight is 440 g/mol. The smallest absolute Gasteiger partial charge is 0.359 e. The number of carbonyl (C=O) groups excluding carboxylic acids is 2. The number of aromatic nitrogens is 2. The van der Waals surface area contributed by atoms with Crippen molar-refractivity contribution < 1.29 is 24.2 Å². The molecule has 1 aromatic heterocycles. The quantitative estimate of drug-likeness (QED) is 0.547. The number of ether oxygens (including phenoxy) is 2. The van der Waals surface area contributed by atoms with E-state index >= 15 is 0 Å². The Bertz CT molecular complexity index is 1060. The molecular weight excluding hydrogens is 410 g/mol. The van der Waals surface area contributed by atoms with Crippen LogP contribution >= 0.6 is 0 Å². The number of carbonyl (C=O) groups is 2. The normalized spacial score (nSPS) is 13.2. The molecule has 8 heteroatoms. The predicted molar refractivity (Wildman–Crippen MR) is 118 cm³/mol. The standard InChI is InChI=1S/C24H29N3O5/c1-5-32-23(29)21-19-16-26(12-10-20(19)27(25-21)13-14-31-4)22(28)18-8-6-7-17(15-18)9-11-24(2,3)30/h6-8,15,30H,5,10,12-14,16H2,1-4H3. The Labute approximate surface area is 188 Å². The van der Waals surface area contributed by atoms with Crippen LogP contribution in [0.1, 0.15) is 58.4 Å². The summed E-state index contributed by atoms with van der Waals surface area (Å²) in [6.45, 7) is 6.98. The predicted octanol–water partition coefficient (Wildman–Crippen LogP) is 2.03. The summed E-state index contributed by atoms with van der Waals surface area (Å²) >= 11 is 0. The van der Waals surface area contributed by atoms with Gasteiger partial charge in [0.2, 0.25) is 0 Å². The number of methoxy groups -OCH3 is 1. The molecule has 170 valence electrons. The molecule has 0 radical (unpaired) electrons. The van der Waals surface area contributed by atoms with Crippen molar-refractivity contribution in [3.63, 3.8) is 0 Å². The van der Waals surface area contributed by atoms with Crippen molar-refractivity contribution in [2.24, 2.45) is 0 Å². The summed E-state index contributed by atoms with van der Waals surface area (Å²) < 4.78 is 12.1. The monoisotopic (exact) mass is 439 g/mol. The van der Waals surface area contributed by atoms with Crippen molar-refractivity contribution >= 4 is 11.9 Å². The summed E-state index contributed by atoms with van der Waals surface area (Å²) in [4.78, 5) is 27.4. The fourth-order valence-electron chi connectivity index (χ4n) is 3.53. The van der Waals surface area contributed by atoms with Crippen molar-refractivity contribution in [2.75, 3.05) is 26.9 Å². The van der Waals surface area contributed by atoms with Crippen molar-refractivity contribution in [3.8, 4) is 11.8 Å². The summed E-state index contributed by atoms with van der Waals surface area (Å²) in [6, 6.07) is 7.01. The largest absolute Gasteiger partial charge is 0.461 e. The summed E-state index contributed by atoms with van der Waals surface area (Å²) in [7, 11) is 1.61. The highest BCUT2D eigenvalue weighted by molar-refractivity contribution is 5.95. The first-order valence-electron chi connectivity index (χ1n) is 10.6. The van der Waals surface area contributed by atoms with E-state index in [1.54, 1.807) is 61.7 Å². The zero-order valence-corrected chi connectivity index (χ0v) is 19.0. The minimum Gasteiger partial charge on any atom is -0.461 e. The van der Waals surface area contributed by atoms with Gasteiger partial charge in [-0.15, -0.1) is 0 Å². The number of benzene rings is 1. The zero-order chi connectivity index (χ0) is 23.3. The van der Waals surface area contributed by atoms with E-state index in [9.17, 15) is 14.7 Å². The Morgan fingerprint density at radius 3 is 2.78 bits per heavy atom. The Balaban J connectivity index is 1.86. The first-order chi connectivity index (χ1) is 15.2. The van der Waals surface area contributed by atoms with Gasteiger partial charge < -0.3 is 19.5 Å². The third kappa shape index (κ3) is 5.55. The topological polar surface area (TPSA) is 93.9 Å². The molecule has 1 aliphatic rings. The van der Waals surface area contributed by atoms with Crippen LogP contribution in [0, 0.1) is 11.8 Å². The summed E-state index contributed by atoms with van der Waals surface area (Å²) in [5, 5.41) is 14.3. The van der Waals surface area contributed by atoms with Gasteiger partial charge >= 0.3 is 5.97 Å². The number of fused-ring (bicyclic) bond motifs is 1. The van der Waals surface area contributed by atoms with Crippen LogP contribution in [0.2, 0.25) is 0 Å². The van der Waals surface area contributed by atoms with Crippen molar-refractivity contribution in [1.29, 1.82) is 0 Å². The average Bonchev–Trinajstić information content (AvgIpc) is 3.13. The maximum atomic E-state index is 13.2. The van der Waals surface area contributed by atoms with Crippen LogP contribution in [-0.4, -0.2) is 64.1 Å². The fraction of sp³-hybridized carbons (Fsp3) is 0.458. The van der Waals surface area contributed by atoms with Gasteiger partial charge in [0.05, 0.1) is 26.3 Å². The molecule has 0 fully saturated rings.